The van der Waals surface area contributed by atoms with E-state index in [1.807, 2.05) is 78.8 Å². The highest BCUT2D eigenvalue weighted by atomic mass is 16.7. The summed E-state index contributed by atoms with van der Waals surface area (Å²) >= 11 is 0. The minimum atomic E-state index is -0.593. The first-order chi connectivity index (χ1) is 12.3. The number of amides is 1. The van der Waals surface area contributed by atoms with Gasteiger partial charge in [0.2, 0.25) is 0 Å². The van der Waals surface area contributed by atoms with Crippen molar-refractivity contribution in [3.8, 4) is 0 Å². The molecular formula is C20H31BN2O4. The van der Waals surface area contributed by atoms with Crippen LogP contribution in [0.2, 0.25) is 0 Å². The summed E-state index contributed by atoms with van der Waals surface area (Å²) in [7, 11) is -0.593. The van der Waals surface area contributed by atoms with Crippen LogP contribution in [0.4, 0.5) is 10.5 Å². The second-order valence-corrected chi connectivity index (χ2v) is 8.79. The molecule has 6 nitrogen and oxygen atoms in total. The number of hydrogen-bond donors (Lipinski definition) is 2. The Morgan fingerprint density at radius 1 is 1.19 bits per heavy atom. The van der Waals surface area contributed by atoms with E-state index in [2.05, 4.69) is 5.32 Å². The Hall–Kier alpha value is -1.99. The van der Waals surface area contributed by atoms with Crippen LogP contribution in [0.3, 0.4) is 0 Å². The second-order valence-electron chi connectivity index (χ2n) is 8.79. The molecule has 1 fully saturated rings. The summed E-state index contributed by atoms with van der Waals surface area (Å²) in [6.07, 6.45) is 1.40. The molecule has 1 amide bonds. The predicted molar refractivity (Wildman–Crippen MR) is 109 cm³/mol. The molecule has 1 heterocycles. The number of benzene rings is 1. The molecule has 0 unspecified atom stereocenters. The molecule has 1 saturated heterocycles. The first kappa shape index (κ1) is 21.3. The molecule has 1 aliphatic heterocycles. The molecule has 0 atom stereocenters. The molecule has 0 aromatic heterocycles. The quantitative estimate of drug-likeness (QED) is 0.619. The van der Waals surface area contributed by atoms with Crippen LogP contribution < -0.4 is 11.1 Å². The van der Waals surface area contributed by atoms with E-state index in [0.29, 0.717) is 5.69 Å². The maximum atomic E-state index is 12.1. The van der Waals surface area contributed by atoms with Gasteiger partial charge in [0.05, 0.1) is 11.2 Å². The van der Waals surface area contributed by atoms with Crippen molar-refractivity contribution in [3.63, 3.8) is 0 Å². The summed E-state index contributed by atoms with van der Waals surface area (Å²) in [5.74, 6) is 0. The Morgan fingerprint density at radius 3 is 2.26 bits per heavy atom. The summed E-state index contributed by atoms with van der Waals surface area (Å²) in [4.78, 5) is 12.1. The molecule has 3 N–H and O–H groups in total. The number of rotatable bonds is 4. The lowest BCUT2D eigenvalue weighted by Crippen LogP contribution is -2.41. The molecule has 27 heavy (non-hydrogen) atoms. The Bertz CT molecular complexity index is 707. The van der Waals surface area contributed by atoms with E-state index in [1.165, 1.54) is 0 Å². The molecule has 0 saturated carbocycles. The average Bonchev–Trinajstić information content (AvgIpc) is 2.71. The predicted octanol–water partition coefficient (Wildman–Crippen LogP) is 3.81. The molecule has 7 heteroatoms. The van der Waals surface area contributed by atoms with E-state index in [4.69, 9.17) is 19.8 Å². The average molecular weight is 374 g/mol. The Balaban J connectivity index is 2.25. The van der Waals surface area contributed by atoms with Crippen LogP contribution in [0.25, 0.3) is 6.08 Å². The van der Waals surface area contributed by atoms with Gasteiger partial charge in [-0.1, -0.05) is 24.3 Å². The number of para-hydroxylation sites is 1. The van der Waals surface area contributed by atoms with Crippen LogP contribution >= 0.6 is 0 Å². The smallest absolute Gasteiger partial charge is 0.444 e. The SMILES string of the molecule is CC(C)(C)OC(=O)NCC(=Cc1ccccc1N)B1OC(C)(C)C(C)(C)O1. The first-order valence-electron chi connectivity index (χ1n) is 9.18. The fourth-order valence-electron chi connectivity index (χ4n) is 2.53. The Morgan fingerprint density at radius 2 is 1.74 bits per heavy atom. The Labute approximate surface area is 162 Å². The van der Waals surface area contributed by atoms with Gasteiger partial charge in [0.1, 0.15) is 5.60 Å². The molecule has 0 spiro atoms. The van der Waals surface area contributed by atoms with E-state index in [0.717, 1.165) is 11.0 Å². The van der Waals surface area contributed by atoms with Crippen molar-refractivity contribution in [2.24, 2.45) is 0 Å². The summed E-state index contributed by atoms with van der Waals surface area (Å²) in [5, 5.41) is 2.78. The zero-order valence-electron chi connectivity index (χ0n) is 17.4. The molecule has 2 rings (SSSR count). The highest BCUT2D eigenvalue weighted by Crippen LogP contribution is 2.38. The lowest BCUT2D eigenvalue weighted by molar-refractivity contribution is 0.00578. The molecule has 1 aromatic rings. The van der Waals surface area contributed by atoms with Crippen molar-refractivity contribution in [1.82, 2.24) is 5.32 Å². The zero-order chi connectivity index (χ0) is 20.5. The number of hydrogen-bond acceptors (Lipinski definition) is 5. The second kappa shape index (κ2) is 7.56. The van der Waals surface area contributed by atoms with E-state index >= 15 is 0 Å². The lowest BCUT2D eigenvalue weighted by atomic mass is 9.77. The standard InChI is InChI=1S/C20H31BN2O4/c1-18(2,3)25-17(24)23-13-15(12-14-10-8-9-11-16(14)22)21-26-19(4,5)20(6,7)27-21/h8-12H,13,22H2,1-7H3,(H,23,24). The molecular weight excluding hydrogens is 343 g/mol. The third kappa shape index (κ3) is 5.50. The van der Waals surface area contributed by atoms with Gasteiger partial charge < -0.3 is 25.1 Å². The van der Waals surface area contributed by atoms with Crippen LogP contribution in [-0.4, -0.2) is 36.6 Å². The zero-order valence-corrected chi connectivity index (χ0v) is 17.4. The number of nitrogens with two attached hydrogens (primary N) is 1. The lowest BCUT2D eigenvalue weighted by Gasteiger charge is -2.32. The van der Waals surface area contributed by atoms with Crippen molar-refractivity contribution in [1.29, 1.82) is 0 Å². The molecule has 148 valence electrons. The summed E-state index contributed by atoms with van der Waals surface area (Å²) < 4.78 is 17.6. The fourth-order valence-corrected chi connectivity index (χ4v) is 2.53. The van der Waals surface area contributed by atoms with Crippen molar-refractivity contribution in [2.75, 3.05) is 12.3 Å². The molecule has 1 aliphatic rings. The number of nitrogens with one attached hydrogen (secondary N) is 1. The normalized spacial score (nSPS) is 19.1. The number of anilines is 1. The third-order valence-electron chi connectivity index (χ3n) is 4.73. The minimum Gasteiger partial charge on any atom is -0.444 e. The summed E-state index contributed by atoms with van der Waals surface area (Å²) in [6.45, 7) is 13.6. The number of nitrogen functional groups attached to an aromatic ring is 1. The maximum Gasteiger partial charge on any atom is 0.492 e. The van der Waals surface area contributed by atoms with E-state index in [1.54, 1.807) is 0 Å². The topological polar surface area (TPSA) is 82.8 Å². The van der Waals surface area contributed by atoms with Crippen LogP contribution in [0, 0.1) is 0 Å². The summed E-state index contributed by atoms with van der Waals surface area (Å²) in [5.41, 5.74) is 6.79. The maximum absolute atomic E-state index is 12.1. The van der Waals surface area contributed by atoms with Crippen molar-refractivity contribution < 1.29 is 18.8 Å². The van der Waals surface area contributed by atoms with Gasteiger partial charge in [0.15, 0.2) is 0 Å². The minimum absolute atomic E-state index is 0.222. The number of alkyl carbamates (subject to hydrolysis) is 1. The molecule has 0 aliphatic carbocycles. The molecule has 0 bridgehead atoms. The number of carbonyl (C=O) groups excluding carboxylic acids is 1. The van der Waals surface area contributed by atoms with Gasteiger partial charge >= 0.3 is 13.2 Å². The number of carbonyl (C=O) groups is 1. The third-order valence-corrected chi connectivity index (χ3v) is 4.73. The highest BCUT2D eigenvalue weighted by Gasteiger charge is 2.52. The fraction of sp³-hybridized carbons (Fsp3) is 0.550. The Kier molecular flexibility index (Phi) is 5.97. The highest BCUT2D eigenvalue weighted by molar-refractivity contribution is 6.56. The van der Waals surface area contributed by atoms with E-state index in [-0.39, 0.29) is 6.54 Å². The van der Waals surface area contributed by atoms with Crippen LogP contribution in [0.1, 0.15) is 54.0 Å². The summed E-state index contributed by atoms with van der Waals surface area (Å²) in [6, 6.07) is 7.52. The largest absolute Gasteiger partial charge is 0.492 e. The van der Waals surface area contributed by atoms with Gasteiger partial charge in [-0.15, -0.1) is 0 Å². The van der Waals surface area contributed by atoms with Gasteiger partial charge in [0, 0.05) is 12.2 Å². The van der Waals surface area contributed by atoms with Gasteiger partial charge in [-0.3, -0.25) is 0 Å². The van der Waals surface area contributed by atoms with Crippen LogP contribution in [0.5, 0.6) is 0 Å². The number of ether oxygens (including phenoxy) is 1. The molecule has 0 radical (unpaired) electrons. The van der Waals surface area contributed by atoms with Gasteiger partial charge in [0.25, 0.3) is 0 Å². The van der Waals surface area contributed by atoms with Crippen LogP contribution in [-0.2, 0) is 14.0 Å². The van der Waals surface area contributed by atoms with Crippen molar-refractivity contribution >= 4 is 25.0 Å². The van der Waals surface area contributed by atoms with Crippen molar-refractivity contribution in [2.45, 2.75) is 65.3 Å². The van der Waals surface area contributed by atoms with Gasteiger partial charge in [-0.2, -0.15) is 0 Å². The van der Waals surface area contributed by atoms with Crippen LogP contribution in [0.15, 0.2) is 29.7 Å². The monoisotopic (exact) mass is 374 g/mol. The van der Waals surface area contributed by atoms with E-state index in [9.17, 15) is 4.79 Å². The van der Waals surface area contributed by atoms with E-state index < -0.39 is 30.0 Å². The van der Waals surface area contributed by atoms with Gasteiger partial charge in [-0.05, 0) is 65.6 Å². The first-order valence-corrected chi connectivity index (χ1v) is 9.18. The molecule has 1 aromatic carbocycles. The van der Waals surface area contributed by atoms with Gasteiger partial charge in [-0.25, -0.2) is 4.79 Å². The van der Waals surface area contributed by atoms with Crippen molar-refractivity contribution in [3.05, 3.63) is 35.3 Å².